The highest BCUT2D eigenvalue weighted by Gasteiger charge is 2.31. The number of benzene rings is 3. The smallest absolute Gasteiger partial charge is 0.243 e. The molecule has 0 bridgehead atoms. The van der Waals surface area contributed by atoms with Crippen molar-refractivity contribution in [3.8, 4) is 0 Å². The molecule has 184 valence electrons. The number of nitrogens with one attached hydrogen (secondary N) is 1. The van der Waals surface area contributed by atoms with Gasteiger partial charge in [0.25, 0.3) is 0 Å². The number of thioether (sulfide) groups is 1. The summed E-state index contributed by atoms with van der Waals surface area (Å²) in [5, 5.41) is 2.92. The molecular formula is C28H30F2N2O2S. The second kappa shape index (κ2) is 13.0. The van der Waals surface area contributed by atoms with Crippen LogP contribution in [0.5, 0.6) is 0 Å². The molecule has 0 saturated carbocycles. The van der Waals surface area contributed by atoms with E-state index in [9.17, 15) is 18.4 Å². The van der Waals surface area contributed by atoms with Crippen LogP contribution in [0.25, 0.3) is 0 Å². The van der Waals surface area contributed by atoms with Gasteiger partial charge in [-0.2, -0.15) is 0 Å². The van der Waals surface area contributed by atoms with Crippen molar-refractivity contribution < 1.29 is 18.4 Å². The van der Waals surface area contributed by atoms with Crippen LogP contribution < -0.4 is 5.32 Å². The van der Waals surface area contributed by atoms with Crippen molar-refractivity contribution in [2.24, 2.45) is 0 Å². The third kappa shape index (κ3) is 8.21. The minimum absolute atomic E-state index is 0.0222. The van der Waals surface area contributed by atoms with Crippen LogP contribution >= 0.6 is 11.8 Å². The summed E-state index contributed by atoms with van der Waals surface area (Å²) < 4.78 is 27.7. The molecule has 0 saturated heterocycles. The van der Waals surface area contributed by atoms with Crippen molar-refractivity contribution in [2.45, 2.75) is 44.6 Å². The average Bonchev–Trinajstić information content (AvgIpc) is 2.83. The van der Waals surface area contributed by atoms with Crippen molar-refractivity contribution in [3.05, 3.63) is 107 Å². The highest BCUT2D eigenvalue weighted by Crippen LogP contribution is 2.20. The van der Waals surface area contributed by atoms with Crippen LogP contribution in [0.1, 0.15) is 30.5 Å². The second-order valence-corrected chi connectivity index (χ2v) is 9.59. The zero-order chi connectivity index (χ0) is 25.2. The van der Waals surface area contributed by atoms with E-state index in [1.165, 1.54) is 34.9 Å². The van der Waals surface area contributed by atoms with Gasteiger partial charge in [0, 0.05) is 30.3 Å². The van der Waals surface area contributed by atoms with Gasteiger partial charge in [-0.05, 0) is 43.2 Å². The van der Waals surface area contributed by atoms with Gasteiger partial charge in [0.2, 0.25) is 11.8 Å². The van der Waals surface area contributed by atoms with Gasteiger partial charge in [-0.3, -0.25) is 9.59 Å². The second-order valence-electron chi connectivity index (χ2n) is 8.60. The molecule has 0 aliphatic heterocycles. The molecule has 7 heteroatoms. The van der Waals surface area contributed by atoms with Crippen LogP contribution in [0.2, 0.25) is 0 Å². The fourth-order valence-corrected chi connectivity index (χ4v) is 4.54. The number of carbonyl (C=O) groups excluding carboxylic acids is 2. The molecule has 0 aromatic heterocycles. The third-order valence-corrected chi connectivity index (χ3v) is 6.40. The predicted octanol–water partition coefficient (Wildman–Crippen LogP) is 5.36. The molecule has 0 aliphatic rings. The highest BCUT2D eigenvalue weighted by atomic mass is 32.2. The Labute approximate surface area is 209 Å². The number of rotatable bonds is 11. The van der Waals surface area contributed by atoms with Gasteiger partial charge in [0.15, 0.2) is 0 Å². The molecule has 2 amide bonds. The van der Waals surface area contributed by atoms with Crippen molar-refractivity contribution in [3.63, 3.8) is 0 Å². The lowest BCUT2D eigenvalue weighted by Gasteiger charge is -2.32. The summed E-state index contributed by atoms with van der Waals surface area (Å²) in [6.45, 7) is 3.70. The Balaban J connectivity index is 1.85. The van der Waals surface area contributed by atoms with Gasteiger partial charge < -0.3 is 10.2 Å². The maximum absolute atomic E-state index is 14.5. The molecule has 1 N–H and O–H groups in total. The minimum atomic E-state index is -0.807. The first-order valence-corrected chi connectivity index (χ1v) is 12.7. The van der Waals surface area contributed by atoms with E-state index in [-0.39, 0.29) is 36.0 Å². The van der Waals surface area contributed by atoms with E-state index in [4.69, 9.17) is 0 Å². The zero-order valence-electron chi connectivity index (χ0n) is 19.9. The number of hydrogen-bond acceptors (Lipinski definition) is 3. The summed E-state index contributed by atoms with van der Waals surface area (Å²) in [6, 6.07) is 21.0. The van der Waals surface area contributed by atoms with Gasteiger partial charge >= 0.3 is 0 Å². The minimum Gasteiger partial charge on any atom is -0.352 e. The average molecular weight is 497 g/mol. The van der Waals surface area contributed by atoms with Gasteiger partial charge in [-0.25, -0.2) is 8.78 Å². The van der Waals surface area contributed by atoms with Gasteiger partial charge in [-0.15, -0.1) is 11.8 Å². The van der Waals surface area contributed by atoms with Crippen molar-refractivity contribution in [2.75, 3.05) is 5.75 Å². The quantitative estimate of drug-likeness (QED) is 0.389. The van der Waals surface area contributed by atoms with Crippen LogP contribution in [-0.4, -0.2) is 34.6 Å². The molecule has 3 aromatic rings. The van der Waals surface area contributed by atoms with E-state index in [1.807, 2.05) is 44.2 Å². The summed E-state index contributed by atoms with van der Waals surface area (Å²) in [6.07, 6.45) is 0.308. The van der Waals surface area contributed by atoms with Crippen LogP contribution in [0, 0.1) is 11.6 Å². The Hall–Kier alpha value is -3.19. The number of amides is 2. The number of nitrogens with zero attached hydrogens (tertiary/aromatic N) is 1. The molecule has 35 heavy (non-hydrogen) atoms. The lowest BCUT2D eigenvalue weighted by atomic mass is 10.0. The van der Waals surface area contributed by atoms with Gasteiger partial charge in [0.05, 0.1) is 5.75 Å². The first-order chi connectivity index (χ1) is 16.8. The molecule has 3 aromatic carbocycles. The maximum atomic E-state index is 14.5. The molecule has 0 spiro atoms. The Bertz CT molecular complexity index is 1110. The zero-order valence-corrected chi connectivity index (χ0v) is 20.7. The fourth-order valence-electron chi connectivity index (χ4n) is 3.66. The van der Waals surface area contributed by atoms with Crippen LogP contribution in [-0.2, 0) is 28.3 Å². The number of hydrogen-bond donors (Lipinski definition) is 1. The molecule has 1 unspecified atom stereocenters. The summed E-state index contributed by atoms with van der Waals surface area (Å²) in [5.74, 6) is -0.664. The molecule has 0 aliphatic carbocycles. The normalized spacial score (nSPS) is 11.8. The third-order valence-electron chi connectivity index (χ3n) is 5.41. The summed E-state index contributed by atoms with van der Waals surface area (Å²) >= 11 is 1.37. The lowest BCUT2D eigenvalue weighted by molar-refractivity contribution is -0.139. The Morgan fingerprint density at radius 2 is 1.54 bits per heavy atom. The monoisotopic (exact) mass is 496 g/mol. The molecule has 1 atom stereocenters. The largest absolute Gasteiger partial charge is 0.352 e. The Kier molecular flexibility index (Phi) is 9.85. The summed E-state index contributed by atoms with van der Waals surface area (Å²) in [5.41, 5.74) is 2.14. The maximum Gasteiger partial charge on any atom is 0.243 e. The van der Waals surface area contributed by atoms with Gasteiger partial charge in [0.1, 0.15) is 17.7 Å². The highest BCUT2D eigenvalue weighted by molar-refractivity contribution is 7.99. The first kappa shape index (κ1) is 26.4. The first-order valence-electron chi connectivity index (χ1n) is 11.5. The lowest BCUT2D eigenvalue weighted by Crippen LogP contribution is -2.52. The topological polar surface area (TPSA) is 49.4 Å². The summed E-state index contributed by atoms with van der Waals surface area (Å²) in [4.78, 5) is 28.2. The molecular weight excluding hydrogens is 466 g/mol. The molecule has 3 rings (SSSR count). The predicted molar refractivity (Wildman–Crippen MR) is 137 cm³/mol. The van der Waals surface area contributed by atoms with Crippen molar-refractivity contribution in [1.29, 1.82) is 0 Å². The van der Waals surface area contributed by atoms with E-state index in [0.717, 1.165) is 11.1 Å². The SMILES string of the molecule is CC(C)NC(=O)C(Cc1ccccc1)N(Cc1ccccc1F)C(=O)CSCc1ccc(F)cc1. The van der Waals surface area contributed by atoms with Crippen LogP contribution in [0.3, 0.4) is 0 Å². The number of halogens is 2. The van der Waals surface area contributed by atoms with E-state index in [2.05, 4.69) is 5.32 Å². The standard InChI is InChI=1S/C28H30F2N2O2S/c1-20(2)31-28(34)26(16-21-8-4-3-5-9-21)32(17-23-10-6-7-11-25(23)30)27(33)19-35-18-22-12-14-24(29)15-13-22/h3-15,20,26H,16-19H2,1-2H3,(H,31,34). The van der Waals surface area contributed by atoms with E-state index < -0.39 is 11.9 Å². The van der Waals surface area contributed by atoms with E-state index in [0.29, 0.717) is 17.7 Å². The van der Waals surface area contributed by atoms with E-state index in [1.54, 1.807) is 30.3 Å². The van der Waals surface area contributed by atoms with Gasteiger partial charge in [-0.1, -0.05) is 60.7 Å². The summed E-state index contributed by atoms with van der Waals surface area (Å²) in [7, 11) is 0. The fraction of sp³-hybridized carbons (Fsp3) is 0.286. The van der Waals surface area contributed by atoms with Crippen LogP contribution in [0.15, 0.2) is 78.9 Å². The van der Waals surface area contributed by atoms with E-state index >= 15 is 0 Å². The molecule has 0 fully saturated rings. The molecule has 0 radical (unpaired) electrons. The number of carbonyl (C=O) groups is 2. The Morgan fingerprint density at radius 3 is 2.20 bits per heavy atom. The van der Waals surface area contributed by atoms with Crippen LogP contribution in [0.4, 0.5) is 8.78 Å². The van der Waals surface area contributed by atoms with Crippen molar-refractivity contribution in [1.82, 2.24) is 10.2 Å². The molecule has 0 heterocycles. The molecule has 4 nitrogen and oxygen atoms in total. The van der Waals surface area contributed by atoms with Crippen molar-refractivity contribution >= 4 is 23.6 Å². The Morgan fingerprint density at radius 1 is 0.886 bits per heavy atom.